The number of methoxy groups -OCH3 is 2. The fraction of sp³-hybridized carbons (Fsp3) is 0.167. The number of esters is 1. The van der Waals surface area contributed by atoms with Crippen LogP contribution < -0.4 is 4.74 Å². The number of carbonyl (C=O) groups is 1. The molecule has 3 rings (SSSR count). The van der Waals surface area contributed by atoms with Gasteiger partial charge in [-0.3, -0.25) is 4.99 Å². The monoisotopic (exact) mass is 373 g/mol. The highest BCUT2D eigenvalue weighted by atomic mass is 16.5. The smallest absolute Gasteiger partial charge is 0.330 e. The lowest BCUT2D eigenvalue weighted by molar-refractivity contribution is -0.142. The van der Waals surface area contributed by atoms with Crippen molar-refractivity contribution in [1.82, 2.24) is 0 Å². The Labute approximate surface area is 165 Å². The Morgan fingerprint density at radius 3 is 2.07 bits per heavy atom. The Kier molecular flexibility index (Phi) is 6.58. The molecule has 28 heavy (non-hydrogen) atoms. The van der Waals surface area contributed by atoms with Crippen molar-refractivity contribution in [1.29, 1.82) is 0 Å². The van der Waals surface area contributed by atoms with Crippen LogP contribution in [0.3, 0.4) is 0 Å². The van der Waals surface area contributed by atoms with Crippen molar-refractivity contribution in [2.45, 2.75) is 12.5 Å². The van der Waals surface area contributed by atoms with Gasteiger partial charge in [-0.25, -0.2) is 4.79 Å². The molecule has 0 fully saturated rings. The topological polar surface area (TPSA) is 47.9 Å². The van der Waals surface area contributed by atoms with E-state index in [1.165, 1.54) is 7.11 Å². The van der Waals surface area contributed by atoms with E-state index in [0.717, 1.165) is 28.0 Å². The Balaban J connectivity index is 1.72. The summed E-state index contributed by atoms with van der Waals surface area (Å²) < 4.78 is 10.1. The van der Waals surface area contributed by atoms with Crippen LogP contribution in [0.15, 0.2) is 83.9 Å². The van der Waals surface area contributed by atoms with Crippen LogP contribution in [0.4, 0.5) is 0 Å². The molecule has 1 atom stereocenters. The van der Waals surface area contributed by atoms with Gasteiger partial charge in [0, 0.05) is 12.6 Å². The Morgan fingerprint density at radius 1 is 0.893 bits per heavy atom. The van der Waals surface area contributed by atoms with Crippen LogP contribution in [0.25, 0.3) is 11.1 Å². The first-order valence-corrected chi connectivity index (χ1v) is 9.09. The van der Waals surface area contributed by atoms with Crippen molar-refractivity contribution >= 4 is 12.2 Å². The highest BCUT2D eigenvalue weighted by Gasteiger charge is 2.17. The van der Waals surface area contributed by atoms with Gasteiger partial charge in [-0.1, -0.05) is 66.7 Å². The molecular formula is C24H23NO3. The SMILES string of the molecule is COC(=O)[C@@H](Cc1ccccc1)N=Cc1ccc(-c2ccc(OC)cc2)cc1. The summed E-state index contributed by atoms with van der Waals surface area (Å²) >= 11 is 0. The van der Waals surface area contributed by atoms with Crippen LogP contribution in [-0.4, -0.2) is 32.4 Å². The van der Waals surface area contributed by atoms with Gasteiger partial charge in [0.25, 0.3) is 0 Å². The van der Waals surface area contributed by atoms with E-state index >= 15 is 0 Å². The van der Waals surface area contributed by atoms with Crippen molar-refractivity contribution in [3.63, 3.8) is 0 Å². The largest absolute Gasteiger partial charge is 0.497 e. The number of benzene rings is 3. The van der Waals surface area contributed by atoms with Gasteiger partial charge >= 0.3 is 5.97 Å². The van der Waals surface area contributed by atoms with Gasteiger partial charge in [-0.05, 0) is 34.4 Å². The molecule has 0 aliphatic carbocycles. The van der Waals surface area contributed by atoms with Crippen LogP contribution in [0, 0.1) is 0 Å². The summed E-state index contributed by atoms with van der Waals surface area (Å²) in [6.07, 6.45) is 2.23. The predicted octanol–water partition coefficient (Wildman–Crippen LogP) is 4.57. The summed E-state index contributed by atoms with van der Waals surface area (Å²) in [6.45, 7) is 0. The summed E-state index contributed by atoms with van der Waals surface area (Å²) in [6, 6.07) is 25.2. The van der Waals surface area contributed by atoms with Crippen LogP contribution in [0.2, 0.25) is 0 Å². The number of ether oxygens (including phenoxy) is 2. The first-order valence-electron chi connectivity index (χ1n) is 9.09. The van der Waals surface area contributed by atoms with Crippen LogP contribution in [0.5, 0.6) is 5.75 Å². The molecule has 3 aromatic rings. The van der Waals surface area contributed by atoms with E-state index in [1.807, 2.05) is 78.9 Å². The van der Waals surface area contributed by atoms with Crippen molar-refractivity contribution in [2.75, 3.05) is 14.2 Å². The van der Waals surface area contributed by atoms with E-state index in [-0.39, 0.29) is 5.97 Å². The molecule has 0 spiro atoms. The van der Waals surface area contributed by atoms with Crippen molar-refractivity contribution < 1.29 is 14.3 Å². The molecule has 142 valence electrons. The highest BCUT2D eigenvalue weighted by molar-refractivity contribution is 5.85. The molecule has 0 aliphatic rings. The minimum absolute atomic E-state index is 0.338. The molecule has 0 aliphatic heterocycles. The summed E-state index contributed by atoms with van der Waals surface area (Å²) in [7, 11) is 3.04. The van der Waals surface area contributed by atoms with Gasteiger partial charge in [0.05, 0.1) is 14.2 Å². The quantitative estimate of drug-likeness (QED) is 0.450. The third-order valence-corrected chi connectivity index (χ3v) is 4.48. The Bertz CT molecular complexity index is 916. The number of rotatable bonds is 7. The lowest BCUT2D eigenvalue weighted by Crippen LogP contribution is -2.23. The number of hydrogen-bond acceptors (Lipinski definition) is 4. The molecular weight excluding hydrogens is 350 g/mol. The van der Waals surface area contributed by atoms with Gasteiger partial charge in [0.15, 0.2) is 6.04 Å². The van der Waals surface area contributed by atoms with E-state index in [0.29, 0.717) is 6.42 Å². The van der Waals surface area contributed by atoms with Gasteiger partial charge in [-0.2, -0.15) is 0 Å². The third kappa shape index (κ3) is 5.07. The summed E-state index contributed by atoms with van der Waals surface area (Å²) in [5.74, 6) is 0.495. The summed E-state index contributed by atoms with van der Waals surface area (Å²) in [4.78, 5) is 16.6. The number of nitrogens with zero attached hydrogens (tertiary/aromatic N) is 1. The van der Waals surface area contributed by atoms with E-state index in [2.05, 4.69) is 4.99 Å². The maximum atomic E-state index is 12.1. The van der Waals surface area contributed by atoms with Crippen molar-refractivity contribution in [3.8, 4) is 16.9 Å². The van der Waals surface area contributed by atoms with Gasteiger partial charge in [0.2, 0.25) is 0 Å². The van der Waals surface area contributed by atoms with E-state index < -0.39 is 6.04 Å². The number of aliphatic imine (C=N–C) groups is 1. The molecule has 0 radical (unpaired) electrons. The van der Waals surface area contributed by atoms with E-state index in [9.17, 15) is 4.79 Å². The van der Waals surface area contributed by atoms with Gasteiger partial charge in [-0.15, -0.1) is 0 Å². The van der Waals surface area contributed by atoms with Gasteiger partial charge in [0.1, 0.15) is 5.75 Å². The molecule has 0 bridgehead atoms. The normalized spacial score (nSPS) is 11.9. The predicted molar refractivity (Wildman–Crippen MR) is 112 cm³/mol. The minimum atomic E-state index is -0.561. The standard InChI is InChI=1S/C24H23NO3/c1-27-22-14-12-21(13-15-22)20-10-8-19(9-11-20)17-25-23(24(26)28-2)16-18-6-4-3-5-7-18/h3-15,17,23H,16H2,1-2H3/t23-/m1/s1. The summed E-state index contributed by atoms with van der Waals surface area (Å²) in [5.41, 5.74) is 4.19. The van der Waals surface area contributed by atoms with Crippen LogP contribution >= 0.6 is 0 Å². The second-order valence-corrected chi connectivity index (χ2v) is 6.36. The molecule has 0 N–H and O–H groups in total. The lowest BCUT2D eigenvalue weighted by atomic mass is 10.0. The van der Waals surface area contributed by atoms with E-state index in [1.54, 1.807) is 13.3 Å². The average Bonchev–Trinajstić information content (AvgIpc) is 2.77. The van der Waals surface area contributed by atoms with Crippen molar-refractivity contribution in [3.05, 3.63) is 90.0 Å². The molecule has 4 nitrogen and oxygen atoms in total. The average molecular weight is 373 g/mol. The van der Waals surface area contributed by atoms with Crippen LogP contribution in [-0.2, 0) is 16.0 Å². The molecule has 0 amide bonds. The molecule has 0 saturated heterocycles. The molecule has 0 saturated carbocycles. The zero-order valence-corrected chi connectivity index (χ0v) is 16.0. The fourth-order valence-electron chi connectivity index (χ4n) is 2.89. The molecule has 0 aromatic heterocycles. The minimum Gasteiger partial charge on any atom is -0.497 e. The fourth-order valence-corrected chi connectivity index (χ4v) is 2.89. The molecule has 3 aromatic carbocycles. The second kappa shape index (κ2) is 9.51. The maximum Gasteiger partial charge on any atom is 0.330 e. The zero-order valence-electron chi connectivity index (χ0n) is 16.0. The Morgan fingerprint density at radius 2 is 1.50 bits per heavy atom. The zero-order chi connectivity index (χ0) is 19.8. The highest BCUT2D eigenvalue weighted by Crippen LogP contribution is 2.22. The Hall–Kier alpha value is -3.40. The number of carbonyl (C=O) groups excluding carboxylic acids is 1. The molecule has 0 unspecified atom stereocenters. The first-order chi connectivity index (χ1) is 13.7. The molecule has 0 heterocycles. The molecule has 4 heteroatoms. The second-order valence-electron chi connectivity index (χ2n) is 6.36. The van der Waals surface area contributed by atoms with E-state index in [4.69, 9.17) is 9.47 Å². The van der Waals surface area contributed by atoms with Crippen LogP contribution in [0.1, 0.15) is 11.1 Å². The third-order valence-electron chi connectivity index (χ3n) is 4.48. The van der Waals surface area contributed by atoms with Crippen molar-refractivity contribution in [2.24, 2.45) is 4.99 Å². The first kappa shape index (κ1) is 19.4. The number of hydrogen-bond donors (Lipinski definition) is 0. The summed E-state index contributed by atoms with van der Waals surface area (Å²) in [5, 5.41) is 0. The van der Waals surface area contributed by atoms with Gasteiger partial charge < -0.3 is 9.47 Å². The maximum absolute atomic E-state index is 12.1. The lowest BCUT2D eigenvalue weighted by Gasteiger charge is -2.10.